The van der Waals surface area contributed by atoms with E-state index in [9.17, 15) is 12.8 Å². The molecule has 6 nitrogen and oxygen atoms in total. The van der Waals surface area contributed by atoms with E-state index in [1.54, 1.807) is 37.4 Å². The van der Waals surface area contributed by atoms with E-state index >= 15 is 0 Å². The van der Waals surface area contributed by atoms with E-state index in [0.29, 0.717) is 37.2 Å². The molecule has 0 bridgehead atoms. The van der Waals surface area contributed by atoms with Gasteiger partial charge in [-0.05, 0) is 56.2 Å². The summed E-state index contributed by atoms with van der Waals surface area (Å²) in [5.74, 6) is 1.13. The summed E-state index contributed by atoms with van der Waals surface area (Å²) >= 11 is 0. The van der Waals surface area contributed by atoms with E-state index < -0.39 is 10.0 Å². The van der Waals surface area contributed by atoms with Gasteiger partial charge in [0.1, 0.15) is 17.4 Å². The zero-order chi connectivity index (χ0) is 19.9. The number of nitrogens with zero attached hydrogens (tertiary/aromatic N) is 3. The maximum Gasteiger partial charge on any atom is 0.243 e. The largest absolute Gasteiger partial charge is 0.497 e. The lowest BCUT2D eigenvalue weighted by Crippen LogP contribution is -2.39. The monoisotopic (exact) mass is 403 g/mol. The lowest BCUT2D eigenvalue weighted by atomic mass is 10.1. The van der Waals surface area contributed by atoms with Gasteiger partial charge < -0.3 is 9.30 Å². The van der Waals surface area contributed by atoms with Crippen molar-refractivity contribution in [1.82, 2.24) is 13.9 Å². The van der Waals surface area contributed by atoms with Gasteiger partial charge in [0, 0.05) is 25.2 Å². The van der Waals surface area contributed by atoms with Gasteiger partial charge in [-0.1, -0.05) is 0 Å². The van der Waals surface area contributed by atoms with Crippen LogP contribution in [0, 0.1) is 12.7 Å². The zero-order valence-corrected chi connectivity index (χ0v) is 16.6. The number of rotatable bonds is 4. The molecule has 28 heavy (non-hydrogen) atoms. The molecule has 1 aliphatic heterocycles. The second-order valence-corrected chi connectivity index (χ2v) is 8.91. The van der Waals surface area contributed by atoms with Crippen molar-refractivity contribution in [3.63, 3.8) is 0 Å². The summed E-state index contributed by atoms with van der Waals surface area (Å²) < 4.78 is 48.0. The highest BCUT2D eigenvalue weighted by molar-refractivity contribution is 7.89. The molecular weight excluding hydrogens is 381 g/mol. The van der Waals surface area contributed by atoms with Crippen molar-refractivity contribution in [3.05, 3.63) is 54.1 Å². The summed E-state index contributed by atoms with van der Waals surface area (Å²) in [6, 6.07) is 11.2. The Balaban J connectivity index is 1.54. The first kappa shape index (κ1) is 18.9. The van der Waals surface area contributed by atoms with Gasteiger partial charge in [0.05, 0.1) is 23.0 Å². The fraction of sp³-hybridized carbons (Fsp3) is 0.350. The fourth-order valence-corrected chi connectivity index (χ4v) is 5.36. The molecule has 1 fully saturated rings. The van der Waals surface area contributed by atoms with Crippen molar-refractivity contribution in [2.45, 2.75) is 30.7 Å². The number of aromatic nitrogens is 2. The Bertz CT molecular complexity index is 1100. The van der Waals surface area contributed by atoms with Crippen LogP contribution in [0.1, 0.15) is 24.7 Å². The van der Waals surface area contributed by atoms with Crippen LogP contribution in [-0.4, -0.2) is 42.5 Å². The SMILES string of the molecule is COc1ccc(S(=O)(=O)N2CCC(n3c(C)nc4cc(F)ccc43)CC2)cc1. The van der Waals surface area contributed by atoms with Crippen LogP contribution in [0.25, 0.3) is 11.0 Å². The van der Waals surface area contributed by atoms with Gasteiger partial charge in [-0.3, -0.25) is 0 Å². The van der Waals surface area contributed by atoms with E-state index in [1.165, 1.54) is 16.4 Å². The first-order valence-corrected chi connectivity index (χ1v) is 10.6. The minimum atomic E-state index is -3.53. The van der Waals surface area contributed by atoms with Gasteiger partial charge in [0.15, 0.2) is 0 Å². The molecule has 0 N–H and O–H groups in total. The van der Waals surface area contributed by atoms with Gasteiger partial charge in [-0.15, -0.1) is 0 Å². The van der Waals surface area contributed by atoms with Crippen LogP contribution in [0.3, 0.4) is 0 Å². The molecule has 1 aromatic heterocycles. The van der Waals surface area contributed by atoms with Crippen LogP contribution >= 0.6 is 0 Å². The third-order valence-corrected chi connectivity index (χ3v) is 7.23. The van der Waals surface area contributed by atoms with Crippen molar-refractivity contribution >= 4 is 21.1 Å². The molecule has 0 radical (unpaired) electrons. The van der Waals surface area contributed by atoms with Crippen LogP contribution in [0.15, 0.2) is 47.4 Å². The summed E-state index contributed by atoms with van der Waals surface area (Å²) in [7, 11) is -1.99. The number of methoxy groups -OCH3 is 1. The molecule has 1 aliphatic rings. The minimum absolute atomic E-state index is 0.137. The molecule has 2 aromatic carbocycles. The minimum Gasteiger partial charge on any atom is -0.497 e. The first-order chi connectivity index (χ1) is 13.4. The smallest absolute Gasteiger partial charge is 0.243 e. The maximum absolute atomic E-state index is 13.5. The Hall–Kier alpha value is -2.45. The highest BCUT2D eigenvalue weighted by atomic mass is 32.2. The van der Waals surface area contributed by atoms with E-state index in [4.69, 9.17) is 4.74 Å². The number of ether oxygens (including phenoxy) is 1. The third-order valence-electron chi connectivity index (χ3n) is 5.31. The average molecular weight is 403 g/mol. The lowest BCUT2D eigenvalue weighted by molar-refractivity contribution is 0.275. The summed E-state index contributed by atoms with van der Waals surface area (Å²) in [4.78, 5) is 4.73. The second kappa shape index (κ2) is 7.18. The molecule has 148 valence electrons. The maximum atomic E-state index is 13.5. The summed E-state index contributed by atoms with van der Waals surface area (Å²) in [6.07, 6.45) is 1.36. The number of hydrogen-bond acceptors (Lipinski definition) is 4. The number of fused-ring (bicyclic) bond motifs is 1. The summed E-state index contributed by atoms with van der Waals surface area (Å²) in [5.41, 5.74) is 1.51. The molecule has 3 aromatic rings. The Morgan fingerprint density at radius 1 is 1.11 bits per heavy atom. The summed E-state index contributed by atoms with van der Waals surface area (Å²) in [6.45, 7) is 2.76. The van der Waals surface area contributed by atoms with Crippen molar-refractivity contribution in [2.75, 3.05) is 20.2 Å². The molecule has 0 amide bonds. The molecule has 2 heterocycles. The molecular formula is C20H22FN3O3S. The normalized spacial score (nSPS) is 16.5. The molecule has 0 saturated carbocycles. The van der Waals surface area contributed by atoms with E-state index in [1.807, 2.05) is 6.92 Å². The van der Waals surface area contributed by atoms with Crippen molar-refractivity contribution in [2.24, 2.45) is 0 Å². The van der Waals surface area contributed by atoms with Crippen LogP contribution in [0.2, 0.25) is 0 Å². The van der Waals surface area contributed by atoms with Gasteiger partial charge >= 0.3 is 0 Å². The van der Waals surface area contributed by atoms with Crippen molar-refractivity contribution in [3.8, 4) is 5.75 Å². The van der Waals surface area contributed by atoms with Crippen molar-refractivity contribution in [1.29, 1.82) is 0 Å². The average Bonchev–Trinajstić information content (AvgIpc) is 3.02. The fourth-order valence-electron chi connectivity index (χ4n) is 3.89. The molecule has 8 heteroatoms. The van der Waals surface area contributed by atoms with E-state index in [2.05, 4.69) is 9.55 Å². The van der Waals surface area contributed by atoms with Gasteiger partial charge in [0.2, 0.25) is 10.0 Å². The number of halogens is 1. The number of aryl methyl sites for hydroxylation is 1. The van der Waals surface area contributed by atoms with Gasteiger partial charge in [-0.2, -0.15) is 4.31 Å². The van der Waals surface area contributed by atoms with E-state index in [-0.39, 0.29) is 16.8 Å². The Morgan fingerprint density at radius 3 is 2.43 bits per heavy atom. The standard InChI is InChI=1S/C20H22FN3O3S/c1-14-22-19-13-15(21)3-8-20(19)24(14)16-9-11-23(12-10-16)28(25,26)18-6-4-17(27-2)5-7-18/h3-8,13,16H,9-12H2,1-2H3. The molecule has 0 unspecified atom stereocenters. The van der Waals surface area contributed by atoms with E-state index in [0.717, 1.165) is 11.3 Å². The number of benzene rings is 2. The molecule has 1 saturated heterocycles. The highest BCUT2D eigenvalue weighted by Gasteiger charge is 2.31. The van der Waals surface area contributed by atoms with Crippen LogP contribution in [0.5, 0.6) is 5.75 Å². The molecule has 0 aliphatic carbocycles. The predicted molar refractivity (Wildman–Crippen MR) is 104 cm³/mol. The predicted octanol–water partition coefficient (Wildman–Crippen LogP) is 3.52. The third kappa shape index (κ3) is 3.27. The number of imidazole rings is 1. The Morgan fingerprint density at radius 2 is 1.79 bits per heavy atom. The van der Waals surface area contributed by atoms with Crippen LogP contribution in [-0.2, 0) is 10.0 Å². The van der Waals surface area contributed by atoms with Gasteiger partial charge in [-0.25, -0.2) is 17.8 Å². The number of sulfonamides is 1. The Kier molecular flexibility index (Phi) is 4.84. The number of hydrogen-bond donors (Lipinski definition) is 0. The first-order valence-electron chi connectivity index (χ1n) is 9.18. The van der Waals surface area contributed by atoms with Crippen molar-refractivity contribution < 1.29 is 17.5 Å². The quantitative estimate of drug-likeness (QED) is 0.669. The zero-order valence-electron chi connectivity index (χ0n) is 15.8. The molecule has 0 atom stereocenters. The molecule has 0 spiro atoms. The highest BCUT2D eigenvalue weighted by Crippen LogP contribution is 2.31. The van der Waals surface area contributed by atoms with Crippen LogP contribution in [0.4, 0.5) is 4.39 Å². The lowest BCUT2D eigenvalue weighted by Gasteiger charge is -2.32. The Labute approximate surface area is 163 Å². The van der Waals surface area contributed by atoms with Gasteiger partial charge in [0.25, 0.3) is 0 Å². The number of piperidine rings is 1. The second-order valence-electron chi connectivity index (χ2n) is 6.97. The summed E-state index contributed by atoms with van der Waals surface area (Å²) in [5, 5.41) is 0. The van der Waals surface area contributed by atoms with Crippen LogP contribution < -0.4 is 4.74 Å². The molecule has 4 rings (SSSR count). The topological polar surface area (TPSA) is 64.4 Å².